The molecule has 0 aliphatic carbocycles. The molecule has 1 saturated heterocycles. The fourth-order valence-electron chi connectivity index (χ4n) is 5.78. The molecule has 42 heavy (non-hydrogen) atoms. The molecule has 3 amide bonds. The van der Waals surface area contributed by atoms with Crippen LogP contribution in [0.3, 0.4) is 0 Å². The van der Waals surface area contributed by atoms with Gasteiger partial charge in [-0.25, -0.2) is 9.59 Å². The molecule has 8 heteroatoms. The second kappa shape index (κ2) is 11.0. The second-order valence-corrected chi connectivity index (χ2v) is 10.4. The molecule has 0 aromatic heterocycles. The van der Waals surface area contributed by atoms with Crippen LogP contribution in [0.25, 0.3) is 12.2 Å². The Balaban J connectivity index is 1.34. The van der Waals surface area contributed by atoms with Crippen molar-refractivity contribution in [2.75, 3.05) is 24.5 Å². The number of rotatable bonds is 4. The Hall–Kier alpha value is -5.21. The zero-order valence-corrected chi connectivity index (χ0v) is 22.8. The van der Waals surface area contributed by atoms with Gasteiger partial charge >= 0.3 is 12.0 Å². The minimum absolute atomic E-state index is 0.0233. The number of hydrogen-bond acceptors (Lipinski definition) is 4. The molecule has 4 aromatic carbocycles. The standard InChI is InChI=1S/C34H30N4O4/c35-34(26-13-3-1-4-14-26,27-15-5-2-6-16-27)32(41)36-21-22-37(30(23-36)31(39)40)33(42)38-28-17-9-7-11-24(28)19-20-25-12-8-10-18-29(25)38/h1-20,30H,21-23,35H2,(H,39,40)/t30-/m0/s1. The quantitative estimate of drug-likeness (QED) is 0.370. The summed E-state index contributed by atoms with van der Waals surface area (Å²) in [6, 6.07) is 31.4. The number of urea groups is 1. The normalized spacial score (nSPS) is 16.3. The second-order valence-electron chi connectivity index (χ2n) is 10.4. The van der Waals surface area contributed by atoms with Gasteiger partial charge in [0.05, 0.1) is 17.9 Å². The van der Waals surface area contributed by atoms with E-state index in [0.717, 1.165) is 11.1 Å². The highest BCUT2D eigenvalue weighted by atomic mass is 16.4. The maximum Gasteiger partial charge on any atom is 0.330 e. The van der Waals surface area contributed by atoms with Gasteiger partial charge in [0.2, 0.25) is 0 Å². The molecule has 2 aliphatic rings. The van der Waals surface area contributed by atoms with Crippen molar-refractivity contribution in [3.63, 3.8) is 0 Å². The molecule has 0 saturated carbocycles. The third-order valence-corrected chi connectivity index (χ3v) is 7.98. The average molecular weight is 559 g/mol. The molecule has 0 radical (unpaired) electrons. The summed E-state index contributed by atoms with van der Waals surface area (Å²) in [7, 11) is 0. The molecule has 0 unspecified atom stereocenters. The largest absolute Gasteiger partial charge is 0.480 e. The van der Waals surface area contributed by atoms with Gasteiger partial charge in [0.15, 0.2) is 0 Å². The number of aliphatic carboxylic acids is 1. The van der Waals surface area contributed by atoms with Crippen molar-refractivity contribution in [2.24, 2.45) is 5.73 Å². The van der Waals surface area contributed by atoms with Crippen LogP contribution in [0.15, 0.2) is 109 Å². The summed E-state index contributed by atoms with van der Waals surface area (Å²) in [5.74, 6) is -1.62. The first-order chi connectivity index (χ1) is 20.4. The number of fused-ring (bicyclic) bond motifs is 2. The Morgan fingerprint density at radius 3 is 1.67 bits per heavy atom. The molecule has 0 bridgehead atoms. The van der Waals surface area contributed by atoms with Gasteiger partial charge in [0.25, 0.3) is 5.91 Å². The number of carboxylic acids is 1. The molecule has 4 aromatic rings. The van der Waals surface area contributed by atoms with Gasteiger partial charge in [-0.3, -0.25) is 9.69 Å². The van der Waals surface area contributed by atoms with Crippen LogP contribution in [-0.2, 0) is 15.1 Å². The van der Waals surface area contributed by atoms with E-state index in [1.54, 1.807) is 29.2 Å². The van der Waals surface area contributed by atoms with Crippen molar-refractivity contribution in [1.29, 1.82) is 0 Å². The molecule has 210 valence electrons. The number of carboxylic acid groups (broad SMARTS) is 1. The van der Waals surface area contributed by atoms with E-state index in [1.165, 1.54) is 9.80 Å². The lowest BCUT2D eigenvalue weighted by Gasteiger charge is -2.44. The SMILES string of the molecule is NC(C(=O)N1CCN(C(=O)N2c3ccccc3C=Cc3ccccc32)[C@H](C(=O)O)C1)(c1ccccc1)c1ccccc1. The number of anilines is 2. The molecular weight excluding hydrogens is 528 g/mol. The zero-order valence-electron chi connectivity index (χ0n) is 22.8. The summed E-state index contributed by atoms with van der Waals surface area (Å²) in [5.41, 5.74) is 9.57. The van der Waals surface area contributed by atoms with E-state index in [-0.39, 0.29) is 19.6 Å². The van der Waals surface area contributed by atoms with Gasteiger partial charge in [0, 0.05) is 13.1 Å². The smallest absolute Gasteiger partial charge is 0.330 e. The monoisotopic (exact) mass is 558 g/mol. The highest BCUT2D eigenvalue weighted by Crippen LogP contribution is 2.38. The number of para-hydroxylation sites is 2. The van der Waals surface area contributed by atoms with Crippen molar-refractivity contribution >= 4 is 41.4 Å². The van der Waals surface area contributed by atoms with E-state index in [0.29, 0.717) is 22.5 Å². The number of piperazine rings is 1. The molecule has 6 rings (SSSR count). The molecule has 1 fully saturated rings. The number of hydrogen-bond donors (Lipinski definition) is 2. The minimum atomic E-state index is -1.54. The Kier molecular flexibility index (Phi) is 7.06. The number of nitrogens with two attached hydrogens (primary N) is 1. The van der Waals surface area contributed by atoms with E-state index in [2.05, 4.69) is 0 Å². The lowest BCUT2D eigenvalue weighted by molar-refractivity contribution is -0.148. The summed E-state index contributed by atoms with van der Waals surface area (Å²) in [4.78, 5) is 45.6. The third kappa shape index (κ3) is 4.61. The average Bonchev–Trinajstić information content (AvgIpc) is 3.21. The fourth-order valence-corrected chi connectivity index (χ4v) is 5.78. The van der Waals surface area contributed by atoms with Gasteiger partial charge in [-0.15, -0.1) is 0 Å². The van der Waals surface area contributed by atoms with Crippen molar-refractivity contribution in [3.8, 4) is 0 Å². The maximum atomic E-state index is 14.3. The van der Waals surface area contributed by atoms with Crippen LogP contribution in [0.5, 0.6) is 0 Å². The van der Waals surface area contributed by atoms with Crippen LogP contribution in [0.2, 0.25) is 0 Å². The summed E-state index contributed by atoms with van der Waals surface area (Å²) in [6.45, 7) is -0.0499. The Morgan fingerprint density at radius 1 is 0.690 bits per heavy atom. The molecule has 0 spiro atoms. The number of carbonyl (C=O) groups is 3. The van der Waals surface area contributed by atoms with Crippen LogP contribution in [0.4, 0.5) is 16.2 Å². The van der Waals surface area contributed by atoms with Gasteiger partial charge in [-0.2, -0.15) is 0 Å². The first-order valence-electron chi connectivity index (χ1n) is 13.8. The fraction of sp³-hybridized carbons (Fsp3) is 0.147. The van der Waals surface area contributed by atoms with E-state index >= 15 is 0 Å². The number of benzene rings is 4. The van der Waals surface area contributed by atoms with Crippen LogP contribution < -0.4 is 10.6 Å². The summed E-state index contributed by atoms with van der Waals surface area (Å²) >= 11 is 0. The first kappa shape index (κ1) is 27.0. The van der Waals surface area contributed by atoms with Crippen LogP contribution in [-0.4, -0.2) is 58.5 Å². The molecule has 3 N–H and O–H groups in total. The number of nitrogens with zero attached hydrogens (tertiary/aromatic N) is 3. The molecule has 8 nitrogen and oxygen atoms in total. The molecular formula is C34H30N4O4. The summed E-state index contributed by atoms with van der Waals surface area (Å²) in [5, 5.41) is 10.3. The predicted octanol–water partition coefficient (Wildman–Crippen LogP) is 4.93. The van der Waals surface area contributed by atoms with Gasteiger partial charge < -0.3 is 20.6 Å². The summed E-state index contributed by atoms with van der Waals surface area (Å²) in [6.07, 6.45) is 3.89. The van der Waals surface area contributed by atoms with E-state index < -0.39 is 29.5 Å². The molecule has 2 aliphatic heterocycles. The zero-order chi connectivity index (χ0) is 29.3. The molecule has 1 atom stereocenters. The van der Waals surface area contributed by atoms with E-state index in [1.807, 2.05) is 97.1 Å². The van der Waals surface area contributed by atoms with Crippen LogP contribution >= 0.6 is 0 Å². The van der Waals surface area contributed by atoms with E-state index in [4.69, 9.17) is 5.73 Å². The van der Waals surface area contributed by atoms with Gasteiger partial charge in [-0.05, 0) is 34.4 Å². The highest BCUT2D eigenvalue weighted by molar-refractivity contribution is 6.06. The summed E-state index contributed by atoms with van der Waals surface area (Å²) < 4.78 is 0. The maximum absolute atomic E-state index is 14.3. The van der Waals surface area contributed by atoms with Crippen LogP contribution in [0, 0.1) is 0 Å². The lowest BCUT2D eigenvalue weighted by Crippen LogP contribution is -2.64. The number of carbonyl (C=O) groups excluding carboxylic acids is 2. The first-order valence-corrected chi connectivity index (χ1v) is 13.8. The van der Waals surface area contributed by atoms with Gasteiger partial charge in [-0.1, -0.05) is 109 Å². The Labute approximate surface area is 243 Å². The predicted molar refractivity (Wildman–Crippen MR) is 162 cm³/mol. The van der Waals surface area contributed by atoms with E-state index in [9.17, 15) is 19.5 Å². The van der Waals surface area contributed by atoms with Crippen molar-refractivity contribution in [2.45, 2.75) is 11.6 Å². The molecule has 2 heterocycles. The number of amides is 3. The lowest BCUT2D eigenvalue weighted by atomic mass is 9.82. The highest BCUT2D eigenvalue weighted by Gasteiger charge is 2.46. The third-order valence-electron chi connectivity index (χ3n) is 7.98. The minimum Gasteiger partial charge on any atom is -0.480 e. The Bertz CT molecular complexity index is 1580. The van der Waals surface area contributed by atoms with Gasteiger partial charge in [0.1, 0.15) is 11.6 Å². The van der Waals surface area contributed by atoms with Crippen molar-refractivity contribution < 1.29 is 19.5 Å². The topological polar surface area (TPSA) is 107 Å². The van der Waals surface area contributed by atoms with Crippen molar-refractivity contribution in [1.82, 2.24) is 9.80 Å². The Morgan fingerprint density at radius 2 is 1.17 bits per heavy atom. The van der Waals surface area contributed by atoms with Crippen LogP contribution in [0.1, 0.15) is 22.3 Å². The van der Waals surface area contributed by atoms with Crippen molar-refractivity contribution in [3.05, 3.63) is 131 Å².